The Balaban J connectivity index is 1.39. The van der Waals surface area contributed by atoms with Crippen molar-refractivity contribution in [1.82, 2.24) is 14.8 Å². The average Bonchev–Trinajstić information content (AvgIpc) is 3.02. The molecule has 250 valence electrons. The van der Waals surface area contributed by atoms with E-state index in [1.54, 1.807) is 23.1 Å². The van der Waals surface area contributed by atoms with Crippen LogP contribution in [0.25, 0.3) is 11.3 Å². The highest BCUT2D eigenvalue weighted by Crippen LogP contribution is 2.52. The Labute approximate surface area is 277 Å². The minimum atomic E-state index is -4.08. The quantitative estimate of drug-likeness (QED) is 0.343. The van der Waals surface area contributed by atoms with Crippen molar-refractivity contribution < 1.29 is 27.5 Å². The zero-order valence-corrected chi connectivity index (χ0v) is 28.6. The number of fused-ring (bicyclic) bond motifs is 4. The SMILES string of the molecule is COC(=O)N1CCC2(CC1)CC(N1C(=O)c3cccc(c3)S(=O)(=O)Nc3cc(cc(-c4c(C)cccc4C)n3)OC[C@H]1CC(C)C)C2. The van der Waals surface area contributed by atoms with E-state index in [9.17, 15) is 18.0 Å². The van der Waals surface area contributed by atoms with Crippen molar-refractivity contribution in [2.45, 2.75) is 76.8 Å². The van der Waals surface area contributed by atoms with Crippen LogP contribution < -0.4 is 9.46 Å². The number of nitrogens with zero attached hydrogens (tertiary/aromatic N) is 3. The summed E-state index contributed by atoms with van der Waals surface area (Å²) in [6.45, 7) is 9.78. The van der Waals surface area contributed by atoms with Gasteiger partial charge in [0.05, 0.1) is 23.7 Å². The molecular formula is C36H44N4O6S. The van der Waals surface area contributed by atoms with E-state index in [0.29, 0.717) is 36.5 Å². The van der Waals surface area contributed by atoms with Crippen molar-refractivity contribution in [2.24, 2.45) is 11.3 Å². The maximum Gasteiger partial charge on any atom is 0.409 e. The number of aromatic nitrogens is 1. The van der Waals surface area contributed by atoms with Crippen LogP contribution >= 0.6 is 0 Å². The summed E-state index contributed by atoms with van der Waals surface area (Å²) in [5.41, 5.74) is 3.91. The van der Waals surface area contributed by atoms with Crippen LogP contribution in [-0.2, 0) is 14.8 Å². The van der Waals surface area contributed by atoms with Gasteiger partial charge in [-0.3, -0.25) is 9.52 Å². The number of pyridine rings is 1. The fourth-order valence-corrected chi connectivity index (χ4v) is 8.63. The predicted molar refractivity (Wildman–Crippen MR) is 180 cm³/mol. The summed E-state index contributed by atoms with van der Waals surface area (Å²) in [6, 6.07) is 15.4. The molecule has 3 heterocycles. The first-order valence-corrected chi connectivity index (χ1v) is 17.9. The summed E-state index contributed by atoms with van der Waals surface area (Å²) in [7, 11) is -2.68. The number of benzene rings is 2. The lowest BCUT2D eigenvalue weighted by Gasteiger charge is -2.56. The van der Waals surface area contributed by atoms with Gasteiger partial charge in [0.25, 0.3) is 15.9 Å². The van der Waals surface area contributed by atoms with Crippen LogP contribution in [-0.4, -0.2) is 74.1 Å². The molecule has 2 aliphatic heterocycles. The Hall–Kier alpha value is -4.12. The largest absolute Gasteiger partial charge is 0.491 e. The van der Waals surface area contributed by atoms with Gasteiger partial charge >= 0.3 is 6.09 Å². The molecule has 0 radical (unpaired) electrons. The normalized spacial score (nSPS) is 20.7. The van der Waals surface area contributed by atoms with Crippen LogP contribution in [0.2, 0.25) is 0 Å². The molecule has 11 heteroatoms. The van der Waals surface area contributed by atoms with Crippen molar-refractivity contribution >= 4 is 27.8 Å². The third-order valence-electron chi connectivity index (χ3n) is 9.97. The van der Waals surface area contributed by atoms with Crippen LogP contribution in [0.1, 0.15) is 67.4 Å². The summed E-state index contributed by atoms with van der Waals surface area (Å²) < 4.78 is 41.5. The van der Waals surface area contributed by atoms with Crippen LogP contribution in [0.3, 0.4) is 0 Å². The lowest BCUT2D eigenvalue weighted by molar-refractivity contribution is -0.0502. The third kappa shape index (κ3) is 6.68. The first-order chi connectivity index (χ1) is 22.4. The Morgan fingerprint density at radius 2 is 1.74 bits per heavy atom. The van der Waals surface area contributed by atoms with Crippen LogP contribution in [0, 0.1) is 25.2 Å². The number of carbonyl (C=O) groups excluding carboxylic acids is 2. The number of piperidine rings is 1. The molecule has 1 spiro atoms. The monoisotopic (exact) mass is 660 g/mol. The Morgan fingerprint density at radius 1 is 1.06 bits per heavy atom. The Bertz CT molecular complexity index is 1760. The fourth-order valence-electron chi connectivity index (χ4n) is 7.60. The van der Waals surface area contributed by atoms with Gasteiger partial charge in [-0.1, -0.05) is 38.1 Å². The molecule has 1 aromatic heterocycles. The number of nitrogens with one attached hydrogen (secondary N) is 1. The van der Waals surface area contributed by atoms with Crippen molar-refractivity contribution in [3.63, 3.8) is 0 Å². The lowest BCUT2D eigenvalue weighted by Crippen LogP contribution is -2.60. The second-order valence-corrected chi connectivity index (χ2v) is 15.5. The van der Waals surface area contributed by atoms with Gasteiger partial charge in [0.1, 0.15) is 18.2 Å². The molecule has 3 aliphatic rings. The highest BCUT2D eigenvalue weighted by atomic mass is 32.2. The van der Waals surface area contributed by atoms with Gasteiger partial charge in [0.2, 0.25) is 0 Å². The van der Waals surface area contributed by atoms with E-state index < -0.39 is 10.0 Å². The number of aryl methyl sites for hydroxylation is 2. The molecule has 1 saturated carbocycles. The third-order valence-corrected chi connectivity index (χ3v) is 11.3. The van der Waals surface area contributed by atoms with E-state index in [1.807, 2.05) is 43.0 Å². The molecule has 1 saturated heterocycles. The van der Waals surface area contributed by atoms with Crippen LogP contribution in [0.15, 0.2) is 59.5 Å². The molecule has 1 N–H and O–H groups in total. The minimum absolute atomic E-state index is 0.00929. The van der Waals surface area contributed by atoms with Crippen molar-refractivity contribution in [3.8, 4) is 17.0 Å². The number of rotatable bonds is 4. The number of anilines is 1. The molecule has 6 rings (SSSR count). The topological polar surface area (TPSA) is 118 Å². The first-order valence-electron chi connectivity index (χ1n) is 16.4. The van der Waals surface area contributed by atoms with Crippen molar-refractivity contribution in [3.05, 3.63) is 71.3 Å². The second kappa shape index (κ2) is 12.8. The zero-order valence-electron chi connectivity index (χ0n) is 27.8. The highest BCUT2D eigenvalue weighted by molar-refractivity contribution is 7.92. The van der Waals surface area contributed by atoms with E-state index in [2.05, 4.69) is 18.6 Å². The van der Waals surface area contributed by atoms with Gasteiger partial charge in [0, 0.05) is 42.4 Å². The van der Waals surface area contributed by atoms with E-state index >= 15 is 0 Å². The maximum absolute atomic E-state index is 14.5. The van der Waals surface area contributed by atoms with E-state index in [0.717, 1.165) is 42.4 Å². The lowest BCUT2D eigenvalue weighted by atomic mass is 9.59. The molecule has 1 atom stereocenters. The number of likely N-dealkylation sites (tertiary alicyclic amines) is 1. The summed E-state index contributed by atoms with van der Waals surface area (Å²) >= 11 is 0. The van der Waals surface area contributed by atoms with E-state index in [-0.39, 0.29) is 52.7 Å². The molecule has 10 nitrogen and oxygen atoms in total. The van der Waals surface area contributed by atoms with Crippen molar-refractivity contribution in [2.75, 3.05) is 31.5 Å². The summed E-state index contributed by atoms with van der Waals surface area (Å²) in [5.74, 6) is 0.692. The number of amides is 2. The number of methoxy groups -OCH3 is 1. The van der Waals surface area contributed by atoms with E-state index in [4.69, 9.17) is 14.5 Å². The highest BCUT2D eigenvalue weighted by Gasteiger charge is 2.51. The molecule has 2 fully saturated rings. The van der Waals surface area contributed by atoms with Gasteiger partial charge < -0.3 is 19.3 Å². The summed E-state index contributed by atoms with van der Waals surface area (Å²) in [4.78, 5) is 35.0. The van der Waals surface area contributed by atoms with E-state index in [1.165, 1.54) is 19.2 Å². The molecular weight excluding hydrogens is 616 g/mol. The van der Waals surface area contributed by atoms with Gasteiger partial charge in [-0.05, 0) is 86.6 Å². The number of hydrogen-bond donors (Lipinski definition) is 1. The number of sulfonamides is 1. The molecule has 3 aromatic rings. The van der Waals surface area contributed by atoms with Crippen molar-refractivity contribution in [1.29, 1.82) is 0 Å². The molecule has 1 aliphatic carbocycles. The van der Waals surface area contributed by atoms with Gasteiger partial charge in [-0.2, -0.15) is 0 Å². The van der Waals surface area contributed by atoms with Gasteiger partial charge in [-0.15, -0.1) is 0 Å². The standard InChI is InChI=1S/C36H44N4O6S/c1-23(2)16-27-22-46-29-18-31(33-24(3)8-6-9-25(33)4)37-32(19-29)38-47(43,44)30-11-7-10-26(17-30)34(41)40(27)28-20-36(21-28)12-14-39(15-13-36)35(42)45-5/h6-11,17-19,23,27-28H,12-16,20-22H2,1-5H3,(H,37,38)/t27-/m1/s1. The summed E-state index contributed by atoms with van der Waals surface area (Å²) in [6.07, 6.45) is 3.75. The van der Waals surface area contributed by atoms with Gasteiger partial charge in [-0.25, -0.2) is 18.2 Å². The number of carbonyl (C=O) groups is 2. The Morgan fingerprint density at radius 3 is 2.40 bits per heavy atom. The minimum Gasteiger partial charge on any atom is -0.491 e. The fraction of sp³-hybridized carbons (Fsp3) is 0.472. The predicted octanol–water partition coefficient (Wildman–Crippen LogP) is 6.43. The van der Waals surface area contributed by atoms with Crippen LogP contribution in [0.5, 0.6) is 5.75 Å². The molecule has 2 amide bonds. The van der Waals surface area contributed by atoms with Gasteiger partial charge in [0.15, 0.2) is 0 Å². The summed E-state index contributed by atoms with van der Waals surface area (Å²) in [5, 5.41) is 0. The maximum atomic E-state index is 14.5. The molecule has 47 heavy (non-hydrogen) atoms. The zero-order chi connectivity index (χ0) is 33.5. The first kappa shape index (κ1) is 32.8. The smallest absolute Gasteiger partial charge is 0.409 e. The van der Waals surface area contributed by atoms with Crippen LogP contribution in [0.4, 0.5) is 10.6 Å². The number of hydrogen-bond acceptors (Lipinski definition) is 7. The molecule has 2 aromatic carbocycles. The second-order valence-electron chi connectivity index (χ2n) is 13.8. The average molecular weight is 661 g/mol. The Kier molecular flexibility index (Phi) is 8.95. The molecule has 0 unspecified atom stereocenters. The molecule has 4 bridgehead atoms. The number of ether oxygens (including phenoxy) is 2.